The molecule has 0 spiro atoms. The summed E-state index contributed by atoms with van der Waals surface area (Å²) >= 11 is 6.78. The average Bonchev–Trinajstić information content (AvgIpc) is 3.16. The maximum Gasteiger partial charge on any atom is 0.294 e. The van der Waals surface area contributed by atoms with Gasteiger partial charge in [-0.15, -0.1) is 0 Å². The number of fused-ring (bicyclic) bond motifs is 1. The quantitative estimate of drug-likeness (QED) is 0.401. The van der Waals surface area contributed by atoms with Gasteiger partial charge in [0.25, 0.3) is 11.1 Å². The Morgan fingerprint density at radius 3 is 2.50 bits per heavy atom. The lowest BCUT2D eigenvalue weighted by molar-refractivity contribution is -0.136. The van der Waals surface area contributed by atoms with Crippen molar-refractivity contribution in [3.63, 3.8) is 0 Å². The largest absolute Gasteiger partial charge is 0.488 e. The maximum atomic E-state index is 13.1. The van der Waals surface area contributed by atoms with Crippen molar-refractivity contribution < 1.29 is 19.1 Å². The fourth-order valence-corrected chi connectivity index (χ4v) is 5.15. The number of ether oxygens (including phenoxy) is 1. The number of hydrogen-bond donors (Lipinski definition) is 0. The fraction of sp³-hybridized carbons (Fsp3) is 0.179. The van der Waals surface area contributed by atoms with E-state index in [2.05, 4.69) is 6.07 Å². The van der Waals surface area contributed by atoms with Gasteiger partial charge >= 0.3 is 0 Å². The second kappa shape index (κ2) is 10.6. The first-order valence-corrected chi connectivity index (χ1v) is 12.7. The van der Waals surface area contributed by atoms with Crippen LogP contribution in [0.2, 0.25) is 5.02 Å². The molecule has 0 unspecified atom stereocenters. The van der Waals surface area contributed by atoms with Gasteiger partial charge < -0.3 is 9.64 Å². The van der Waals surface area contributed by atoms with Crippen LogP contribution in [0.25, 0.3) is 6.08 Å². The molecule has 0 aliphatic carbocycles. The van der Waals surface area contributed by atoms with Gasteiger partial charge in [-0.05, 0) is 59.1 Å². The minimum atomic E-state index is -0.469. The molecule has 0 saturated carbocycles. The van der Waals surface area contributed by atoms with Gasteiger partial charge in [0, 0.05) is 23.7 Å². The highest BCUT2D eigenvalue weighted by Gasteiger charge is 2.37. The number of rotatable bonds is 6. The van der Waals surface area contributed by atoms with E-state index >= 15 is 0 Å². The predicted octanol–water partition coefficient (Wildman–Crippen LogP) is 5.54. The van der Waals surface area contributed by atoms with E-state index in [4.69, 9.17) is 16.3 Å². The maximum absolute atomic E-state index is 13.1. The number of carbonyl (C=O) groups is 3. The minimum Gasteiger partial charge on any atom is -0.488 e. The minimum absolute atomic E-state index is 0.236. The summed E-state index contributed by atoms with van der Waals surface area (Å²) in [7, 11) is 0. The van der Waals surface area contributed by atoms with Crippen LogP contribution >= 0.6 is 23.4 Å². The van der Waals surface area contributed by atoms with Gasteiger partial charge in [-0.3, -0.25) is 19.3 Å². The molecule has 0 N–H and O–H groups in total. The molecular formula is C28H23ClN2O4S. The molecular weight excluding hydrogens is 496 g/mol. The van der Waals surface area contributed by atoms with Crippen molar-refractivity contribution in [2.45, 2.75) is 19.6 Å². The van der Waals surface area contributed by atoms with Crippen LogP contribution in [0, 0.1) is 0 Å². The average molecular weight is 519 g/mol. The zero-order chi connectivity index (χ0) is 25.1. The van der Waals surface area contributed by atoms with E-state index in [1.807, 2.05) is 54.6 Å². The third kappa shape index (κ3) is 5.32. The molecule has 2 aliphatic rings. The third-order valence-corrected chi connectivity index (χ3v) is 7.32. The Labute approximate surface area is 218 Å². The van der Waals surface area contributed by atoms with Crippen LogP contribution in [0.1, 0.15) is 22.3 Å². The van der Waals surface area contributed by atoms with Gasteiger partial charge in [-0.1, -0.05) is 66.2 Å². The Bertz CT molecular complexity index is 1360. The van der Waals surface area contributed by atoms with Gasteiger partial charge in [0.2, 0.25) is 5.91 Å². The molecule has 3 amide bonds. The van der Waals surface area contributed by atoms with Crippen LogP contribution in [-0.2, 0) is 29.2 Å². The number of nitrogens with zero attached hydrogens (tertiary/aromatic N) is 2. The molecule has 2 aliphatic heterocycles. The molecule has 5 rings (SSSR count). The number of benzene rings is 3. The van der Waals surface area contributed by atoms with E-state index in [0.29, 0.717) is 36.0 Å². The number of para-hydroxylation sites is 1. The normalized spacial score (nSPS) is 16.4. The first-order chi connectivity index (χ1) is 17.5. The van der Waals surface area contributed by atoms with Crippen molar-refractivity contribution >= 4 is 46.5 Å². The van der Waals surface area contributed by atoms with Crippen molar-refractivity contribution in [2.75, 3.05) is 13.1 Å². The summed E-state index contributed by atoms with van der Waals surface area (Å²) < 4.78 is 5.97. The molecule has 0 aromatic heterocycles. The van der Waals surface area contributed by atoms with Crippen molar-refractivity contribution in [3.05, 3.63) is 105 Å². The SMILES string of the molecule is O=C(CN1C(=O)S/C(=C/c2ccccc2OCc2ccc(Cl)cc2)C1=O)N1CCc2ccccc2C1. The highest BCUT2D eigenvalue weighted by molar-refractivity contribution is 8.18. The highest BCUT2D eigenvalue weighted by atomic mass is 35.5. The number of thioether (sulfide) groups is 1. The molecule has 1 saturated heterocycles. The molecule has 3 aromatic carbocycles. The number of amides is 3. The summed E-state index contributed by atoms with van der Waals surface area (Å²) in [6.45, 7) is 1.12. The number of hydrogen-bond acceptors (Lipinski definition) is 5. The van der Waals surface area contributed by atoms with Crippen LogP contribution in [-0.4, -0.2) is 39.9 Å². The molecule has 182 valence electrons. The predicted molar refractivity (Wildman–Crippen MR) is 140 cm³/mol. The molecule has 3 aromatic rings. The summed E-state index contributed by atoms with van der Waals surface area (Å²) in [6, 6.07) is 22.7. The van der Waals surface area contributed by atoms with Crippen LogP contribution in [0.4, 0.5) is 4.79 Å². The Kier molecular flexibility index (Phi) is 7.11. The monoisotopic (exact) mass is 518 g/mol. The van der Waals surface area contributed by atoms with E-state index in [-0.39, 0.29) is 17.4 Å². The van der Waals surface area contributed by atoms with E-state index < -0.39 is 11.1 Å². The molecule has 36 heavy (non-hydrogen) atoms. The van der Waals surface area contributed by atoms with Crippen LogP contribution in [0.3, 0.4) is 0 Å². The third-order valence-electron chi connectivity index (χ3n) is 6.16. The zero-order valence-corrected chi connectivity index (χ0v) is 20.9. The first kappa shape index (κ1) is 24.2. The molecule has 0 bridgehead atoms. The topological polar surface area (TPSA) is 66.9 Å². The summed E-state index contributed by atoms with van der Waals surface area (Å²) in [5, 5.41) is 0.204. The van der Waals surface area contributed by atoms with Gasteiger partial charge in [0.15, 0.2) is 0 Å². The second-order valence-corrected chi connectivity index (χ2v) is 9.98. The van der Waals surface area contributed by atoms with E-state index in [1.165, 1.54) is 5.56 Å². The second-order valence-electron chi connectivity index (χ2n) is 8.55. The fourth-order valence-electron chi connectivity index (χ4n) is 4.19. The van der Waals surface area contributed by atoms with E-state index in [9.17, 15) is 14.4 Å². The number of carbonyl (C=O) groups excluding carboxylic acids is 3. The molecule has 0 radical (unpaired) electrons. The standard InChI is InChI=1S/C28H23ClN2O4S/c29-23-11-9-19(10-12-23)18-35-24-8-4-3-6-21(24)15-25-27(33)31(28(34)36-25)17-26(32)30-14-13-20-5-1-2-7-22(20)16-30/h1-12,15H,13-14,16-18H2/b25-15+. The van der Waals surface area contributed by atoms with E-state index in [0.717, 1.165) is 34.2 Å². The zero-order valence-electron chi connectivity index (χ0n) is 19.4. The Morgan fingerprint density at radius 1 is 0.972 bits per heavy atom. The molecule has 8 heteroatoms. The lowest BCUT2D eigenvalue weighted by Crippen LogP contribution is -2.44. The van der Waals surface area contributed by atoms with Crippen LogP contribution < -0.4 is 4.74 Å². The van der Waals surface area contributed by atoms with Gasteiger partial charge in [-0.2, -0.15) is 0 Å². The van der Waals surface area contributed by atoms with Crippen molar-refractivity contribution in [3.8, 4) is 5.75 Å². The first-order valence-electron chi connectivity index (χ1n) is 11.5. The molecule has 2 heterocycles. The molecule has 1 fully saturated rings. The van der Waals surface area contributed by atoms with Crippen molar-refractivity contribution in [1.82, 2.24) is 9.80 Å². The van der Waals surface area contributed by atoms with Gasteiger partial charge in [-0.25, -0.2) is 0 Å². The van der Waals surface area contributed by atoms with Crippen molar-refractivity contribution in [1.29, 1.82) is 0 Å². The Balaban J connectivity index is 1.26. The number of halogens is 1. The summed E-state index contributed by atoms with van der Waals surface area (Å²) in [5.41, 5.74) is 3.96. The number of imide groups is 1. The smallest absolute Gasteiger partial charge is 0.294 e. The van der Waals surface area contributed by atoms with Crippen LogP contribution in [0.15, 0.2) is 77.7 Å². The molecule has 0 atom stereocenters. The van der Waals surface area contributed by atoms with E-state index in [1.54, 1.807) is 23.1 Å². The lowest BCUT2D eigenvalue weighted by Gasteiger charge is -2.29. The Hall–Kier alpha value is -3.55. The lowest BCUT2D eigenvalue weighted by atomic mass is 10.00. The summed E-state index contributed by atoms with van der Waals surface area (Å²) in [5.74, 6) is -0.120. The van der Waals surface area contributed by atoms with Crippen molar-refractivity contribution in [2.24, 2.45) is 0 Å². The molecule has 6 nitrogen and oxygen atoms in total. The summed E-state index contributed by atoms with van der Waals surface area (Å²) in [4.78, 5) is 41.6. The summed E-state index contributed by atoms with van der Waals surface area (Å²) in [6.07, 6.45) is 2.40. The highest BCUT2D eigenvalue weighted by Crippen LogP contribution is 2.34. The van der Waals surface area contributed by atoms with Gasteiger partial charge in [0.05, 0.1) is 4.91 Å². The Morgan fingerprint density at radius 2 is 1.69 bits per heavy atom. The van der Waals surface area contributed by atoms with Crippen LogP contribution in [0.5, 0.6) is 5.75 Å². The van der Waals surface area contributed by atoms with Gasteiger partial charge in [0.1, 0.15) is 18.9 Å².